The number of piperidine rings is 1. The molecule has 1 amide bonds. The first-order chi connectivity index (χ1) is 11.8. The van der Waals surface area contributed by atoms with Crippen LogP contribution in [0.2, 0.25) is 0 Å². The summed E-state index contributed by atoms with van der Waals surface area (Å²) in [6.45, 7) is 2.22. The van der Waals surface area contributed by atoms with E-state index in [1.54, 1.807) is 13.3 Å². The Labute approximate surface area is 142 Å². The number of amides is 1. The average molecular weight is 328 g/mol. The summed E-state index contributed by atoms with van der Waals surface area (Å²) in [5.41, 5.74) is 0.508. The molecule has 0 aliphatic carbocycles. The van der Waals surface area contributed by atoms with Crippen LogP contribution in [0.15, 0.2) is 42.7 Å². The van der Waals surface area contributed by atoms with Crippen molar-refractivity contribution >= 4 is 5.91 Å². The van der Waals surface area contributed by atoms with Gasteiger partial charge in [-0.25, -0.2) is 0 Å². The predicted molar refractivity (Wildman–Crippen MR) is 92.0 cm³/mol. The highest BCUT2D eigenvalue weighted by Gasteiger charge is 2.41. The lowest BCUT2D eigenvalue weighted by Gasteiger charge is -2.36. The molecule has 0 bridgehead atoms. The number of benzene rings is 1. The maximum Gasteiger partial charge on any atom is 0.248 e. The van der Waals surface area contributed by atoms with Crippen LogP contribution in [0, 0.1) is 0 Å². The summed E-state index contributed by atoms with van der Waals surface area (Å²) in [5.74, 6) is 0.901. The zero-order valence-corrected chi connectivity index (χ0v) is 14.0. The molecular weight excluding hydrogens is 304 g/mol. The summed E-state index contributed by atoms with van der Waals surface area (Å²) >= 11 is 0. The van der Waals surface area contributed by atoms with Crippen molar-refractivity contribution in [2.24, 2.45) is 0 Å². The van der Waals surface area contributed by atoms with E-state index in [9.17, 15) is 4.79 Å². The molecule has 128 valence electrons. The maximum atomic E-state index is 12.9. The molecule has 3 rings (SSSR count). The lowest BCUT2D eigenvalue weighted by Crippen LogP contribution is -2.54. The van der Waals surface area contributed by atoms with Crippen molar-refractivity contribution in [3.63, 3.8) is 0 Å². The Morgan fingerprint density at radius 3 is 2.83 bits per heavy atom. The third kappa shape index (κ3) is 3.28. The smallest absolute Gasteiger partial charge is 0.248 e. The van der Waals surface area contributed by atoms with Crippen LogP contribution >= 0.6 is 0 Å². The van der Waals surface area contributed by atoms with Crippen molar-refractivity contribution < 1.29 is 9.53 Å². The van der Waals surface area contributed by atoms with Crippen LogP contribution in [-0.4, -0.2) is 42.4 Å². The number of nitrogens with one attached hydrogen (secondary N) is 2. The van der Waals surface area contributed by atoms with Crippen LogP contribution in [-0.2, 0) is 16.8 Å². The summed E-state index contributed by atoms with van der Waals surface area (Å²) < 4.78 is 7.17. The van der Waals surface area contributed by atoms with Crippen LogP contribution in [0.25, 0.3) is 0 Å². The number of nitrogens with zero attached hydrogens (tertiary/aromatic N) is 2. The Balaban J connectivity index is 1.66. The van der Waals surface area contributed by atoms with E-state index in [2.05, 4.69) is 15.7 Å². The molecular formula is C18H24N4O2. The van der Waals surface area contributed by atoms with Crippen molar-refractivity contribution in [1.29, 1.82) is 0 Å². The molecule has 0 spiro atoms. The molecule has 0 atom stereocenters. The van der Waals surface area contributed by atoms with E-state index < -0.39 is 5.54 Å². The number of ether oxygens (including phenoxy) is 1. The number of hydrogen-bond acceptors (Lipinski definition) is 4. The molecule has 1 aliphatic heterocycles. The number of rotatable bonds is 6. The quantitative estimate of drug-likeness (QED) is 0.839. The number of hydrogen-bond donors (Lipinski definition) is 2. The van der Waals surface area contributed by atoms with Gasteiger partial charge in [0.1, 0.15) is 11.3 Å². The number of carbonyl (C=O) groups excluding carboxylic acids is 1. The van der Waals surface area contributed by atoms with Gasteiger partial charge >= 0.3 is 0 Å². The van der Waals surface area contributed by atoms with E-state index in [-0.39, 0.29) is 5.91 Å². The molecule has 24 heavy (non-hydrogen) atoms. The molecule has 2 aromatic rings. The molecule has 2 heterocycles. The second-order valence-electron chi connectivity index (χ2n) is 6.05. The summed E-state index contributed by atoms with van der Waals surface area (Å²) in [6, 6.07) is 9.76. The third-order valence-electron chi connectivity index (χ3n) is 4.67. The second kappa shape index (κ2) is 7.49. The Morgan fingerprint density at radius 2 is 2.12 bits per heavy atom. The minimum Gasteiger partial charge on any atom is -0.496 e. The van der Waals surface area contributed by atoms with Gasteiger partial charge < -0.3 is 15.4 Å². The van der Waals surface area contributed by atoms with E-state index >= 15 is 0 Å². The number of methoxy groups -OCH3 is 1. The molecule has 1 fully saturated rings. The summed E-state index contributed by atoms with van der Waals surface area (Å²) in [7, 11) is 1.67. The summed E-state index contributed by atoms with van der Waals surface area (Å²) in [6.07, 6.45) is 5.84. The van der Waals surface area contributed by atoms with Crippen LogP contribution in [0.4, 0.5) is 0 Å². The largest absolute Gasteiger partial charge is 0.496 e. The molecule has 1 aromatic heterocycles. The maximum absolute atomic E-state index is 12.9. The lowest BCUT2D eigenvalue weighted by atomic mass is 9.87. The SMILES string of the molecule is COc1ccccc1CCNC(=O)C1(n2cccn2)CCNCC1. The number of para-hydroxylation sites is 1. The van der Waals surface area contributed by atoms with Crippen molar-refractivity contribution in [3.05, 3.63) is 48.3 Å². The normalized spacial score (nSPS) is 16.5. The van der Waals surface area contributed by atoms with Gasteiger partial charge in [-0.15, -0.1) is 0 Å². The van der Waals surface area contributed by atoms with Gasteiger partial charge in [0, 0.05) is 18.9 Å². The van der Waals surface area contributed by atoms with Crippen molar-refractivity contribution in [1.82, 2.24) is 20.4 Å². The van der Waals surface area contributed by atoms with Crippen LogP contribution in [0.3, 0.4) is 0 Å². The molecule has 6 heteroatoms. The van der Waals surface area contributed by atoms with E-state index in [0.29, 0.717) is 6.54 Å². The molecule has 0 radical (unpaired) electrons. The molecule has 1 saturated heterocycles. The first-order valence-electron chi connectivity index (χ1n) is 8.37. The molecule has 6 nitrogen and oxygen atoms in total. The van der Waals surface area contributed by atoms with Gasteiger partial charge in [0.15, 0.2) is 0 Å². The van der Waals surface area contributed by atoms with Gasteiger partial charge in [-0.1, -0.05) is 18.2 Å². The monoisotopic (exact) mass is 328 g/mol. The predicted octanol–water partition coefficient (Wildman–Crippen LogP) is 1.33. The van der Waals surface area contributed by atoms with Gasteiger partial charge in [0.25, 0.3) is 0 Å². The first kappa shape index (κ1) is 16.5. The zero-order valence-electron chi connectivity index (χ0n) is 14.0. The Morgan fingerprint density at radius 1 is 1.33 bits per heavy atom. The Kier molecular flexibility index (Phi) is 5.15. The van der Waals surface area contributed by atoms with Crippen LogP contribution < -0.4 is 15.4 Å². The average Bonchev–Trinajstić information content (AvgIpc) is 3.18. The minimum atomic E-state index is -0.588. The highest BCUT2D eigenvalue weighted by Crippen LogP contribution is 2.27. The zero-order chi connectivity index (χ0) is 16.8. The molecule has 0 saturated carbocycles. The first-order valence-corrected chi connectivity index (χ1v) is 8.37. The van der Waals surface area contributed by atoms with E-state index in [0.717, 1.165) is 43.7 Å². The standard InChI is InChI=1S/C18H24N4O2/c1-24-16-6-3-2-5-15(16)7-11-20-17(23)18(8-12-19-13-9-18)22-14-4-10-21-22/h2-6,10,14,19H,7-9,11-13H2,1H3,(H,20,23). The summed E-state index contributed by atoms with van der Waals surface area (Å²) in [4.78, 5) is 12.9. The van der Waals surface area contributed by atoms with Gasteiger partial charge in [0.2, 0.25) is 5.91 Å². The second-order valence-corrected chi connectivity index (χ2v) is 6.05. The van der Waals surface area contributed by atoms with Crippen molar-refractivity contribution in [3.8, 4) is 5.75 Å². The third-order valence-corrected chi connectivity index (χ3v) is 4.67. The molecule has 1 aliphatic rings. The van der Waals surface area contributed by atoms with E-state index in [4.69, 9.17) is 4.74 Å². The number of aromatic nitrogens is 2. The molecule has 1 aromatic carbocycles. The van der Waals surface area contributed by atoms with Crippen LogP contribution in [0.5, 0.6) is 5.75 Å². The fraction of sp³-hybridized carbons (Fsp3) is 0.444. The highest BCUT2D eigenvalue weighted by atomic mass is 16.5. The number of carbonyl (C=O) groups is 1. The van der Waals surface area contributed by atoms with Crippen molar-refractivity contribution in [2.45, 2.75) is 24.8 Å². The van der Waals surface area contributed by atoms with E-state index in [1.165, 1.54) is 0 Å². The highest BCUT2D eigenvalue weighted by molar-refractivity contribution is 5.84. The fourth-order valence-corrected chi connectivity index (χ4v) is 3.31. The Hall–Kier alpha value is -2.34. The van der Waals surface area contributed by atoms with Gasteiger partial charge in [0.05, 0.1) is 7.11 Å². The summed E-state index contributed by atoms with van der Waals surface area (Å²) in [5, 5.41) is 10.7. The molecule has 0 unspecified atom stereocenters. The van der Waals surface area contributed by atoms with Gasteiger partial charge in [-0.2, -0.15) is 5.10 Å². The van der Waals surface area contributed by atoms with E-state index in [1.807, 2.05) is 41.2 Å². The van der Waals surface area contributed by atoms with Gasteiger partial charge in [-0.05, 0) is 50.0 Å². The Bertz CT molecular complexity index is 663. The lowest BCUT2D eigenvalue weighted by molar-refractivity contribution is -0.131. The molecule has 2 N–H and O–H groups in total. The minimum absolute atomic E-state index is 0.0441. The van der Waals surface area contributed by atoms with Crippen molar-refractivity contribution in [2.75, 3.05) is 26.7 Å². The fourth-order valence-electron chi connectivity index (χ4n) is 3.31. The topological polar surface area (TPSA) is 68.2 Å². The van der Waals surface area contributed by atoms with Crippen LogP contribution in [0.1, 0.15) is 18.4 Å². The van der Waals surface area contributed by atoms with Gasteiger partial charge in [-0.3, -0.25) is 9.48 Å².